The first-order chi connectivity index (χ1) is 18.4. The second kappa shape index (κ2) is 11.6. The third-order valence-electron chi connectivity index (χ3n) is 7.75. The molecule has 2 aliphatic rings. The third-order valence-corrected chi connectivity index (χ3v) is 7.75. The smallest absolute Gasteiger partial charge is 0.353 e. The Bertz CT molecular complexity index is 1120. The van der Waals surface area contributed by atoms with E-state index >= 15 is 0 Å². The molecule has 5 nitrogen and oxygen atoms in total. The molecule has 4 rings (SSSR count). The van der Waals surface area contributed by atoms with Crippen LogP contribution in [0.25, 0.3) is 0 Å². The second-order valence-electron chi connectivity index (χ2n) is 10.4. The van der Waals surface area contributed by atoms with Crippen molar-refractivity contribution in [1.82, 2.24) is 10.6 Å². The highest BCUT2D eigenvalue weighted by Gasteiger charge is 2.42. The Morgan fingerprint density at radius 1 is 0.846 bits per heavy atom. The Kier molecular flexibility index (Phi) is 8.58. The molecule has 0 bridgehead atoms. The molecule has 11 heteroatoms. The van der Waals surface area contributed by atoms with Crippen LogP contribution in [-0.2, 0) is 27.4 Å². The SMILES string of the molecule is O=C(CC1CCC(NC(=O)C2(c3ccccc3)CCNCC2)CC1)Nc1cc(C(F)(F)F)cc(C(F)(F)F)c1. The van der Waals surface area contributed by atoms with E-state index in [9.17, 15) is 35.9 Å². The van der Waals surface area contributed by atoms with Gasteiger partial charge in [-0.05, 0) is 81.3 Å². The first-order valence-corrected chi connectivity index (χ1v) is 13.0. The molecule has 0 atom stereocenters. The number of alkyl halides is 6. The summed E-state index contributed by atoms with van der Waals surface area (Å²) in [6, 6.07) is 10.7. The number of benzene rings is 2. The standard InChI is InChI=1S/C28H31F6N3O2/c29-27(30,31)20-15-21(28(32,33)34)17-23(16-20)36-24(38)14-18-6-8-22(9-7-18)37-25(39)26(10-12-35-13-11-26)19-4-2-1-3-5-19/h1-5,15-18,22,35H,6-14H2,(H,36,38)(H,37,39). The van der Waals surface area contributed by atoms with Crippen molar-refractivity contribution >= 4 is 17.5 Å². The molecular weight excluding hydrogens is 524 g/mol. The van der Waals surface area contributed by atoms with Gasteiger partial charge in [0.1, 0.15) is 0 Å². The largest absolute Gasteiger partial charge is 0.416 e. The Morgan fingerprint density at radius 3 is 1.95 bits per heavy atom. The van der Waals surface area contributed by atoms with Crippen molar-refractivity contribution < 1.29 is 35.9 Å². The fourth-order valence-electron chi connectivity index (χ4n) is 5.59. The summed E-state index contributed by atoms with van der Waals surface area (Å²) in [6.07, 6.45) is -6.16. The van der Waals surface area contributed by atoms with Crippen LogP contribution in [0.1, 0.15) is 61.6 Å². The Morgan fingerprint density at radius 2 is 1.41 bits per heavy atom. The number of hydrogen-bond donors (Lipinski definition) is 3. The molecule has 1 aliphatic heterocycles. The van der Waals surface area contributed by atoms with E-state index in [4.69, 9.17) is 0 Å². The summed E-state index contributed by atoms with van der Waals surface area (Å²) in [4.78, 5) is 26.0. The molecule has 0 spiro atoms. The van der Waals surface area contributed by atoms with Crippen molar-refractivity contribution in [1.29, 1.82) is 0 Å². The van der Waals surface area contributed by atoms with Gasteiger partial charge in [-0.25, -0.2) is 0 Å². The molecule has 1 saturated carbocycles. The minimum atomic E-state index is -4.99. The quantitative estimate of drug-likeness (QED) is 0.380. The molecule has 39 heavy (non-hydrogen) atoms. The topological polar surface area (TPSA) is 70.2 Å². The van der Waals surface area contributed by atoms with Crippen LogP contribution in [0.3, 0.4) is 0 Å². The van der Waals surface area contributed by atoms with Crippen LogP contribution in [0.2, 0.25) is 0 Å². The first kappa shape index (κ1) is 28.9. The van der Waals surface area contributed by atoms with Gasteiger partial charge in [-0.3, -0.25) is 9.59 Å². The Hall–Kier alpha value is -3.08. The van der Waals surface area contributed by atoms with Crippen molar-refractivity contribution in [2.45, 2.75) is 68.8 Å². The summed E-state index contributed by atoms with van der Waals surface area (Å²) in [7, 11) is 0. The van der Waals surface area contributed by atoms with Crippen LogP contribution in [0.5, 0.6) is 0 Å². The van der Waals surface area contributed by atoms with Crippen molar-refractivity contribution in [3.63, 3.8) is 0 Å². The second-order valence-corrected chi connectivity index (χ2v) is 10.4. The van der Waals surface area contributed by atoms with Crippen LogP contribution >= 0.6 is 0 Å². The van der Waals surface area contributed by atoms with Crippen LogP contribution in [0, 0.1) is 5.92 Å². The molecule has 2 amide bonds. The Balaban J connectivity index is 1.33. The molecule has 0 aromatic heterocycles. The highest BCUT2D eigenvalue weighted by Crippen LogP contribution is 2.38. The highest BCUT2D eigenvalue weighted by atomic mass is 19.4. The number of rotatable bonds is 6. The van der Waals surface area contributed by atoms with Gasteiger partial charge in [0.25, 0.3) is 0 Å². The van der Waals surface area contributed by atoms with Crippen LogP contribution in [0.15, 0.2) is 48.5 Å². The molecule has 1 heterocycles. The first-order valence-electron chi connectivity index (χ1n) is 13.0. The number of halogens is 6. The van der Waals surface area contributed by atoms with Gasteiger partial charge >= 0.3 is 12.4 Å². The van der Waals surface area contributed by atoms with E-state index in [1.165, 1.54) is 0 Å². The Labute approximate surface area is 222 Å². The molecular formula is C28H31F6N3O2. The zero-order valence-electron chi connectivity index (χ0n) is 21.2. The number of hydrogen-bond acceptors (Lipinski definition) is 3. The molecule has 0 radical (unpaired) electrons. The van der Waals surface area contributed by atoms with Gasteiger partial charge in [-0.15, -0.1) is 0 Å². The van der Waals surface area contributed by atoms with Crippen molar-refractivity contribution in [2.24, 2.45) is 5.92 Å². The summed E-state index contributed by atoms with van der Waals surface area (Å²) in [5, 5.41) is 8.71. The number of piperidine rings is 1. The van der Waals surface area contributed by atoms with Crippen molar-refractivity contribution in [3.8, 4) is 0 Å². The van der Waals surface area contributed by atoms with Crippen LogP contribution in [-0.4, -0.2) is 30.9 Å². The summed E-state index contributed by atoms with van der Waals surface area (Å²) in [6.45, 7) is 1.47. The predicted octanol–water partition coefficient (Wildman–Crippen LogP) is 6.05. The van der Waals surface area contributed by atoms with E-state index < -0.39 is 40.5 Å². The van der Waals surface area contributed by atoms with Crippen LogP contribution < -0.4 is 16.0 Å². The molecule has 1 saturated heterocycles. The number of nitrogens with one attached hydrogen (secondary N) is 3. The van der Waals surface area contributed by atoms with Crippen LogP contribution in [0.4, 0.5) is 32.0 Å². The minimum absolute atomic E-state index is 0.0126. The minimum Gasteiger partial charge on any atom is -0.353 e. The number of carbonyl (C=O) groups excluding carboxylic acids is 2. The van der Waals surface area contributed by atoms with Gasteiger partial charge in [0.2, 0.25) is 11.8 Å². The molecule has 1 aliphatic carbocycles. The monoisotopic (exact) mass is 555 g/mol. The lowest BCUT2D eigenvalue weighted by molar-refractivity contribution is -0.143. The number of carbonyl (C=O) groups is 2. The maximum absolute atomic E-state index is 13.5. The van der Waals surface area contributed by atoms with Gasteiger partial charge < -0.3 is 16.0 Å². The van der Waals surface area contributed by atoms with Gasteiger partial charge in [-0.1, -0.05) is 30.3 Å². The molecule has 212 valence electrons. The zero-order valence-corrected chi connectivity index (χ0v) is 21.2. The zero-order chi connectivity index (χ0) is 28.3. The van der Waals surface area contributed by atoms with Crippen molar-refractivity contribution in [2.75, 3.05) is 18.4 Å². The van der Waals surface area contributed by atoms with Gasteiger partial charge in [-0.2, -0.15) is 26.3 Å². The molecule has 0 unspecified atom stereocenters. The summed E-state index contributed by atoms with van der Waals surface area (Å²) in [5.41, 5.74) is -3.13. The average molecular weight is 556 g/mol. The van der Waals surface area contributed by atoms with Gasteiger partial charge in [0, 0.05) is 18.2 Å². The molecule has 2 aromatic rings. The summed E-state index contributed by atoms with van der Waals surface area (Å²) in [5.74, 6) is -0.748. The molecule has 2 fully saturated rings. The van der Waals surface area contributed by atoms with Gasteiger partial charge in [0.05, 0.1) is 16.5 Å². The van der Waals surface area contributed by atoms with E-state index in [-0.39, 0.29) is 30.4 Å². The average Bonchev–Trinajstić information content (AvgIpc) is 2.89. The van der Waals surface area contributed by atoms with E-state index in [0.717, 1.165) is 18.7 Å². The molecule has 2 aromatic carbocycles. The lowest BCUT2D eigenvalue weighted by Crippen LogP contribution is -2.53. The fourth-order valence-corrected chi connectivity index (χ4v) is 5.59. The summed E-state index contributed by atoms with van der Waals surface area (Å²) >= 11 is 0. The van der Waals surface area contributed by atoms with Gasteiger partial charge in [0.15, 0.2) is 0 Å². The van der Waals surface area contributed by atoms with Crippen molar-refractivity contribution in [3.05, 3.63) is 65.2 Å². The lowest BCUT2D eigenvalue weighted by Gasteiger charge is -2.39. The third kappa shape index (κ3) is 7.12. The number of anilines is 1. The lowest BCUT2D eigenvalue weighted by atomic mass is 9.72. The predicted molar refractivity (Wildman–Crippen MR) is 134 cm³/mol. The maximum Gasteiger partial charge on any atom is 0.416 e. The summed E-state index contributed by atoms with van der Waals surface area (Å²) < 4.78 is 78.6. The number of amides is 2. The fraction of sp³-hybridized carbons (Fsp3) is 0.500. The van der Waals surface area contributed by atoms with E-state index in [1.54, 1.807) is 0 Å². The maximum atomic E-state index is 13.5. The molecule has 3 N–H and O–H groups in total. The highest BCUT2D eigenvalue weighted by molar-refractivity contribution is 5.91. The van der Waals surface area contributed by atoms with E-state index in [2.05, 4.69) is 16.0 Å². The van der Waals surface area contributed by atoms with E-state index in [1.807, 2.05) is 30.3 Å². The normalized spacial score (nSPS) is 21.7. The van der Waals surface area contributed by atoms with E-state index in [0.29, 0.717) is 50.7 Å².